The molecular weight excluding hydrogens is 366 g/mol. The highest BCUT2D eigenvalue weighted by molar-refractivity contribution is 5.85. The summed E-state index contributed by atoms with van der Waals surface area (Å²) in [5, 5.41) is 13.7. The van der Waals surface area contributed by atoms with Crippen LogP contribution in [0.4, 0.5) is 5.82 Å². The number of rotatable bonds is 5. The first-order chi connectivity index (χ1) is 12.7. The number of halogens is 1. The van der Waals surface area contributed by atoms with Crippen molar-refractivity contribution in [3.8, 4) is 22.8 Å². The summed E-state index contributed by atoms with van der Waals surface area (Å²) in [6.07, 6.45) is 2.40. The number of aryl methyl sites for hydroxylation is 1. The molecule has 0 saturated carbocycles. The Balaban J connectivity index is 0.00000210. The van der Waals surface area contributed by atoms with E-state index in [1.165, 1.54) is 7.11 Å². The van der Waals surface area contributed by atoms with Crippen LogP contribution in [0.25, 0.3) is 16.9 Å². The van der Waals surface area contributed by atoms with Crippen LogP contribution in [0.1, 0.15) is 18.5 Å². The number of phenolic OH excluding ortho intramolecular Hbond substituents is 1. The van der Waals surface area contributed by atoms with Crippen molar-refractivity contribution in [3.63, 3.8) is 0 Å². The number of nitrogens with zero attached hydrogens (tertiary/aromatic N) is 2. The minimum absolute atomic E-state index is 0. The molecule has 1 unspecified atom stereocenters. The minimum Gasteiger partial charge on any atom is -0.504 e. The minimum atomic E-state index is 0. The third-order valence-electron chi connectivity index (χ3n) is 4.81. The number of nitrogens with one attached hydrogen (secondary N) is 1. The molecule has 27 heavy (non-hydrogen) atoms. The van der Waals surface area contributed by atoms with Gasteiger partial charge < -0.3 is 19.9 Å². The number of phenols is 1. The molecule has 0 amide bonds. The summed E-state index contributed by atoms with van der Waals surface area (Å²) >= 11 is 0. The van der Waals surface area contributed by atoms with Gasteiger partial charge in [-0.25, -0.2) is 4.98 Å². The number of ether oxygens (including phenoxy) is 2. The van der Waals surface area contributed by atoms with Crippen LogP contribution in [-0.2, 0) is 4.74 Å². The third kappa shape index (κ3) is 3.68. The van der Waals surface area contributed by atoms with E-state index in [0.717, 1.165) is 54.4 Å². The van der Waals surface area contributed by atoms with Gasteiger partial charge in [0.05, 0.1) is 13.2 Å². The predicted molar refractivity (Wildman–Crippen MR) is 108 cm³/mol. The summed E-state index contributed by atoms with van der Waals surface area (Å²) in [5.74, 6) is 1.46. The number of methoxy groups -OCH3 is 1. The Kier molecular flexibility index (Phi) is 5.77. The molecule has 2 N–H and O–H groups in total. The molecule has 6 nitrogen and oxygen atoms in total. The van der Waals surface area contributed by atoms with Crippen LogP contribution in [0, 0.1) is 6.92 Å². The zero-order valence-corrected chi connectivity index (χ0v) is 16.3. The number of benzene rings is 1. The van der Waals surface area contributed by atoms with Crippen molar-refractivity contribution in [3.05, 3.63) is 42.1 Å². The van der Waals surface area contributed by atoms with Crippen LogP contribution in [0.15, 0.2) is 36.4 Å². The lowest BCUT2D eigenvalue weighted by molar-refractivity contribution is 0.120. The summed E-state index contributed by atoms with van der Waals surface area (Å²) in [4.78, 5) is 4.79. The van der Waals surface area contributed by atoms with Gasteiger partial charge in [-0.15, -0.1) is 12.4 Å². The number of imidazole rings is 1. The smallest absolute Gasteiger partial charge is 0.160 e. The maximum absolute atomic E-state index is 10.2. The number of anilines is 1. The van der Waals surface area contributed by atoms with Crippen LogP contribution < -0.4 is 10.1 Å². The van der Waals surface area contributed by atoms with Crippen molar-refractivity contribution in [1.29, 1.82) is 0 Å². The number of hydrogen-bond acceptors (Lipinski definition) is 5. The molecule has 2 aromatic heterocycles. The van der Waals surface area contributed by atoms with E-state index in [-0.39, 0.29) is 24.3 Å². The molecule has 1 atom stereocenters. The van der Waals surface area contributed by atoms with E-state index in [1.54, 1.807) is 12.1 Å². The first kappa shape index (κ1) is 19.3. The largest absolute Gasteiger partial charge is 0.504 e. The SMILES string of the molecule is COc1ccc(-c2nc3cccc(C)n3c2NCC2CCCO2)cc1O.Cl. The molecular formula is C20H24ClN3O3. The van der Waals surface area contributed by atoms with E-state index in [1.807, 2.05) is 18.2 Å². The molecule has 1 aromatic carbocycles. The average Bonchev–Trinajstić information content (AvgIpc) is 3.28. The van der Waals surface area contributed by atoms with Gasteiger partial charge in [-0.05, 0) is 50.1 Å². The molecule has 0 radical (unpaired) electrons. The fourth-order valence-corrected chi connectivity index (χ4v) is 3.47. The summed E-state index contributed by atoms with van der Waals surface area (Å²) in [6.45, 7) is 3.62. The van der Waals surface area contributed by atoms with Gasteiger partial charge in [-0.3, -0.25) is 4.40 Å². The Morgan fingerprint density at radius 3 is 2.89 bits per heavy atom. The van der Waals surface area contributed by atoms with Crippen LogP contribution >= 0.6 is 12.4 Å². The molecule has 3 heterocycles. The van der Waals surface area contributed by atoms with E-state index in [9.17, 15) is 5.11 Å². The number of pyridine rings is 1. The number of fused-ring (bicyclic) bond motifs is 1. The van der Waals surface area contributed by atoms with Crippen molar-refractivity contribution in [2.45, 2.75) is 25.9 Å². The lowest BCUT2D eigenvalue weighted by Gasteiger charge is -2.14. The molecule has 0 bridgehead atoms. The van der Waals surface area contributed by atoms with Gasteiger partial charge in [-0.2, -0.15) is 0 Å². The number of aromatic nitrogens is 2. The van der Waals surface area contributed by atoms with Crippen molar-refractivity contribution in [2.24, 2.45) is 0 Å². The second kappa shape index (κ2) is 8.06. The predicted octanol–water partition coefficient (Wildman–Crippen LogP) is 4.04. The molecule has 0 spiro atoms. The van der Waals surface area contributed by atoms with Crippen LogP contribution in [0.5, 0.6) is 11.5 Å². The van der Waals surface area contributed by atoms with Gasteiger partial charge in [-0.1, -0.05) is 6.07 Å². The monoisotopic (exact) mass is 389 g/mol. The van der Waals surface area contributed by atoms with E-state index in [2.05, 4.69) is 22.7 Å². The topological polar surface area (TPSA) is 68.0 Å². The molecule has 4 rings (SSSR count). The summed E-state index contributed by atoms with van der Waals surface area (Å²) in [5.41, 5.74) is 3.59. The Morgan fingerprint density at radius 2 is 2.19 bits per heavy atom. The standard InChI is InChI=1S/C20H23N3O3.ClH/c1-13-5-3-7-18-22-19(14-8-9-17(25-2)16(24)11-14)20(23(13)18)21-12-15-6-4-10-26-15;/h3,5,7-9,11,15,21,24H,4,6,10,12H2,1-2H3;1H. The third-order valence-corrected chi connectivity index (χ3v) is 4.81. The molecule has 3 aromatic rings. The first-order valence-corrected chi connectivity index (χ1v) is 8.88. The quantitative estimate of drug-likeness (QED) is 0.689. The highest BCUT2D eigenvalue weighted by Crippen LogP contribution is 2.35. The first-order valence-electron chi connectivity index (χ1n) is 8.88. The molecule has 1 aliphatic rings. The second-order valence-corrected chi connectivity index (χ2v) is 6.57. The Bertz CT molecular complexity index is 936. The molecule has 144 valence electrons. The van der Waals surface area contributed by atoms with Gasteiger partial charge >= 0.3 is 0 Å². The maximum Gasteiger partial charge on any atom is 0.160 e. The van der Waals surface area contributed by atoms with E-state index >= 15 is 0 Å². The zero-order valence-electron chi connectivity index (χ0n) is 15.4. The highest BCUT2D eigenvalue weighted by atomic mass is 35.5. The molecule has 1 saturated heterocycles. The summed E-state index contributed by atoms with van der Waals surface area (Å²) in [6, 6.07) is 11.4. The fourth-order valence-electron chi connectivity index (χ4n) is 3.47. The summed E-state index contributed by atoms with van der Waals surface area (Å²) in [7, 11) is 1.54. The van der Waals surface area contributed by atoms with Gasteiger partial charge in [0.2, 0.25) is 0 Å². The molecule has 1 aliphatic heterocycles. The zero-order chi connectivity index (χ0) is 18.1. The Labute approximate surface area is 164 Å². The highest BCUT2D eigenvalue weighted by Gasteiger charge is 2.20. The number of hydrogen-bond donors (Lipinski definition) is 2. The lowest BCUT2D eigenvalue weighted by atomic mass is 10.1. The molecule has 1 fully saturated rings. The summed E-state index contributed by atoms with van der Waals surface area (Å²) < 4.78 is 13.0. The molecule has 0 aliphatic carbocycles. The van der Waals surface area contributed by atoms with Crippen molar-refractivity contribution in [1.82, 2.24) is 9.38 Å². The van der Waals surface area contributed by atoms with E-state index in [4.69, 9.17) is 14.5 Å². The normalized spacial score (nSPS) is 16.3. The maximum atomic E-state index is 10.2. The van der Waals surface area contributed by atoms with Crippen molar-refractivity contribution in [2.75, 3.05) is 25.6 Å². The van der Waals surface area contributed by atoms with E-state index < -0.39 is 0 Å². The lowest BCUT2D eigenvalue weighted by Crippen LogP contribution is -2.19. The van der Waals surface area contributed by atoms with Crippen LogP contribution in [0.3, 0.4) is 0 Å². The van der Waals surface area contributed by atoms with Crippen molar-refractivity contribution < 1.29 is 14.6 Å². The van der Waals surface area contributed by atoms with Gasteiger partial charge in [0, 0.05) is 24.4 Å². The number of aromatic hydroxyl groups is 1. The molecule has 7 heteroatoms. The van der Waals surface area contributed by atoms with Gasteiger partial charge in [0.1, 0.15) is 17.2 Å². The fraction of sp³-hybridized carbons (Fsp3) is 0.350. The van der Waals surface area contributed by atoms with Crippen molar-refractivity contribution >= 4 is 23.9 Å². The average molecular weight is 390 g/mol. The van der Waals surface area contributed by atoms with Gasteiger partial charge in [0.15, 0.2) is 11.5 Å². The Hall–Kier alpha value is -2.44. The Morgan fingerprint density at radius 1 is 1.33 bits per heavy atom. The van der Waals surface area contributed by atoms with E-state index in [0.29, 0.717) is 5.75 Å². The van der Waals surface area contributed by atoms with Crippen LogP contribution in [-0.4, -0.2) is 40.9 Å². The van der Waals surface area contributed by atoms with Crippen LogP contribution in [0.2, 0.25) is 0 Å². The second-order valence-electron chi connectivity index (χ2n) is 6.57. The van der Waals surface area contributed by atoms with Gasteiger partial charge in [0.25, 0.3) is 0 Å².